The molecule has 1 fully saturated rings. The molecular weight excluding hydrogens is 386 g/mol. The molecule has 1 aliphatic heterocycles. The Kier molecular flexibility index (Phi) is 7.02. The summed E-state index contributed by atoms with van der Waals surface area (Å²) in [6.45, 7) is 3.76. The predicted molar refractivity (Wildman–Crippen MR) is 113 cm³/mol. The van der Waals surface area contributed by atoms with Gasteiger partial charge in [-0.3, -0.25) is 10.2 Å². The minimum atomic E-state index is -0.648. The molecule has 3 rings (SSSR count). The van der Waals surface area contributed by atoms with E-state index in [1.807, 2.05) is 49.4 Å². The fourth-order valence-electron chi connectivity index (χ4n) is 3.62. The van der Waals surface area contributed by atoms with Gasteiger partial charge in [-0.1, -0.05) is 18.2 Å². The second-order valence-corrected chi connectivity index (χ2v) is 7.12. The van der Waals surface area contributed by atoms with Crippen molar-refractivity contribution in [3.63, 3.8) is 0 Å². The van der Waals surface area contributed by atoms with Crippen LogP contribution in [0.5, 0.6) is 23.0 Å². The predicted octanol–water partition coefficient (Wildman–Crippen LogP) is 2.20. The maximum atomic E-state index is 12.8. The molecule has 3 N–H and O–H groups in total. The van der Waals surface area contributed by atoms with Crippen LogP contribution in [0, 0.1) is 0 Å². The molecule has 8 nitrogen and oxygen atoms in total. The molecule has 0 saturated carbocycles. The van der Waals surface area contributed by atoms with Crippen LogP contribution in [0.15, 0.2) is 42.5 Å². The van der Waals surface area contributed by atoms with E-state index in [1.165, 1.54) is 0 Å². The summed E-state index contributed by atoms with van der Waals surface area (Å²) in [5.41, 5.74) is 7.30. The third-order valence-electron chi connectivity index (χ3n) is 5.16. The van der Waals surface area contributed by atoms with Gasteiger partial charge in [0.1, 0.15) is 11.9 Å². The molecule has 162 valence electrons. The lowest BCUT2D eigenvalue weighted by atomic mass is 9.90. The number of para-hydroxylation sites is 1. The van der Waals surface area contributed by atoms with Crippen molar-refractivity contribution >= 4 is 5.91 Å². The average Bonchev–Trinajstić information content (AvgIpc) is 3.13. The fourth-order valence-corrected chi connectivity index (χ4v) is 3.62. The van der Waals surface area contributed by atoms with Gasteiger partial charge in [0.05, 0.1) is 21.3 Å². The Balaban J connectivity index is 1.79. The van der Waals surface area contributed by atoms with E-state index in [1.54, 1.807) is 28.3 Å². The van der Waals surface area contributed by atoms with E-state index in [-0.39, 0.29) is 24.0 Å². The summed E-state index contributed by atoms with van der Waals surface area (Å²) in [7, 11) is 4.73. The zero-order valence-corrected chi connectivity index (χ0v) is 17.9. The highest BCUT2D eigenvalue weighted by Crippen LogP contribution is 2.41. The Morgan fingerprint density at radius 1 is 1.00 bits per heavy atom. The number of methoxy groups -OCH3 is 3. The maximum Gasteiger partial charge on any atom is 0.262 e. The van der Waals surface area contributed by atoms with Crippen molar-refractivity contribution in [2.24, 2.45) is 0 Å². The molecular formula is C22H29N3O5. The molecule has 0 aromatic heterocycles. The molecule has 30 heavy (non-hydrogen) atoms. The zero-order valence-electron chi connectivity index (χ0n) is 17.9. The molecule has 4 atom stereocenters. The highest BCUT2D eigenvalue weighted by molar-refractivity contribution is 5.81. The van der Waals surface area contributed by atoms with Gasteiger partial charge in [-0.2, -0.15) is 0 Å². The Morgan fingerprint density at radius 3 is 2.20 bits per heavy atom. The van der Waals surface area contributed by atoms with E-state index in [0.717, 1.165) is 5.56 Å². The van der Waals surface area contributed by atoms with Crippen LogP contribution in [0.1, 0.15) is 25.3 Å². The first-order valence-corrected chi connectivity index (χ1v) is 9.81. The van der Waals surface area contributed by atoms with Crippen LogP contribution in [0.3, 0.4) is 0 Å². The number of carbonyl (C=O) groups excluding carboxylic acids is 1. The standard InChI is InChI=1S/C22H29N3O5/c1-13-19(15-11-17(27-3)20(29-5)18(12-15)28-4)21(25-24-13)23-22(26)14(2)30-16-9-7-6-8-10-16/h6-14,19,21,24-25H,1-5H3,(H,23,26). The molecule has 0 aliphatic carbocycles. The van der Waals surface area contributed by atoms with Crippen LogP contribution in [0.2, 0.25) is 0 Å². The first kappa shape index (κ1) is 21.7. The van der Waals surface area contributed by atoms with Crippen molar-refractivity contribution < 1.29 is 23.7 Å². The maximum absolute atomic E-state index is 12.8. The van der Waals surface area contributed by atoms with Crippen molar-refractivity contribution in [1.29, 1.82) is 0 Å². The normalized spacial score (nSPS) is 21.6. The number of hydrazine groups is 1. The summed E-state index contributed by atoms with van der Waals surface area (Å²) < 4.78 is 22.1. The molecule has 0 spiro atoms. The van der Waals surface area contributed by atoms with Crippen LogP contribution in [0.25, 0.3) is 0 Å². The lowest BCUT2D eigenvalue weighted by Gasteiger charge is -2.25. The van der Waals surface area contributed by atoms with Crippen LogP contribution < -0.4 is 35.1 Å². The summed E-state index contributed by atoms with van der Waals surface area (Å²) in [6, 6.07) is 13.1. The number of hydrogen-bond acceptors (Lipinski definition) is 7. The van der Waals surface area contributed by atoms with Crippen LogP contribution in [-0.2, 0) is 4.79 Å². The van der Waals surface area contributed by atoms with Crippen molar-refractivity contribution in [2.45, 2.75) is 38.1 Å². The highest BCUT2D eigenvalue weighted by Gasteiger charge is 2.37. The number of benzene rings is 2. The fraction of sp³-hybridized carbons (Fsp3) is 0.409. The summed E-state index contributed by atoms with van der Waals surface area (Å²) in [5.74, 6) is 2.01. The molecule has 4 unspecified atom stereocenters. The number of amides is 1. The SMILES string of the molecule is COc1cc(C2C(C)NNC2NC(=O)C(C)Oc2ccccc2)cc(OC)c1OC. The average molecular weight is 415 g/mol. The molecule has 1 amide bonds. The topological polar surface area (TPSA) is 90.1 Å². The zero-order chi connectivity index (χ0) is 21.7. The van der Waals surface area contributed by atoms with Gasteiger partial charge in [-0.25, -0.2) is 5.43 Å². The van der Waals surface area contributed by atoms with Gasteiger partial charge in [0.2, 0.25) is 5.75 Å². The van der Waals surface area contributed by atoms with Crippen LogP contribution in [-0.4, -0.2) is 45.5 Å². The van der Waals surface area contributed by atoms with Crippen molar-refractivity contribution in [1.82, 2.24) is 16.2 Å². The molecule has 2 aromatic rings. The van der Waals surface area contributed by atoms with Crippen molar-refractivity contribution in [3.05, 3.63) is 48.0 Å². The lowest BCUT2D eigenvalue weighted by molar-refractivity contribution is -0.128. The highest BCUT2D eigenvalue weighted by atomic mass is 16.5. The molecule has 0 radical (unpaired) electrons. The lowest BCUT2D eigenvalue weighted by Crippen LogP contribution is -2.50. The number of nitrogens with one attached hydrogen (secondary N) is 3. The number of ether oxygens (including phenoxy) is 4. The van der Waals surface area contributed by atoms with E-state index in [9.17, 15) is 4.79 Å². The van der Waals surface area contributed by atoms with E-state index >= 15 is 0 Å². The first-order valence-electron chi connectivity index (χ1n) is 9.81. The minimum absolute atomic E-state index is 0.0449. The Bertz CT molecular complexity index is 836. The molecule has 0 bridgehead atoms. The largest absolute Gasteiger partial charge is 0.493 e. The summed E-state index contributed by atoms with van der Waals surface area (Å²) in [5, 5.41) is 3.03. The number of hydrogen-bond donors (Lipinski definition) is 3. The van der Waals surface area contributed by atoms with Gasteiger partial charge in [-0.15, -0.1) is 0 Å². The second-order valence-electron chi connectivity index (χ2n) is 7.12. The Morgan fingerprint density at radius 2 is 1.63 bits per heavy atom. The molecule has 2 aromatic carbocycles. The summed E-state index contributed by atoms with van der Waals surface area (Å²) >= 11 is 0. The first-order chi connectivity index (χ1) is 14.5. The Labute approximate surface area is 176 Å². The van der Waals surface area contributed by atoms with Gasteiger partial charge in [0.25, 0.3) is 5.91 Å². The summed E-state index contributed by atoms with van der Waals surface area (Å²) in [4.78, 5) is 12.8. The quantitative estimate of drug-likeness (QED) is 0.609. The van der Waals surface area contributed by atoms with Gasteiger partial charge in [0, 0.05) is 12.0 Å². The monoisotopic (exact) mass is 415 g/mol. The van der Waals surface area contributed by atoms with Crippen LogP contribution >= 0.6 is 0 Å². The van der Waals surface area contributed by atoms with Gasteiger partial charge in [-0.05, 0) is 43.7 Å². The number of carbonyl (C=O) groups is 1. The van der Waals surface area contributed by atoms with E-state index in [2.05, 4.69) is 16.2 Å². The summed E-state index contributed by atoms with van der Waals surface area (Å²) in [6.07, 6.45) is -0.997. The number of rotatable bonds is 8. The smallest absolute Gasteiger partial charge is 0.262 e. The third-order valence-corrected chi connectivity index (χ3v) is 5.16. The van der Waals surface area contributed by atoms with Gasteiger partial charge >= 0.3 is 0 Å². The molecule has 1 heterocycles. The minimum Gasteiger partial charge on any atom is -0.493 e. The van der Waals surface area contributed by atoms with E-state index in [4.69, 9.17) is 18.9 Å². The molecule has 8 heteroatoms. The molecule has 1 saturated heterocycles. The van der Waals surface area contributed by atoms with E-state index in [0.29, 0.717) is 23.0 Å². The van der Waals surface area contributed by atoms with Gasteiger partial charge in [0.15, 0.2) is 17.6 Å². The Hall–Kier alpha value is -2.97. The molecule has 1 aliphatic rings. The van der Waals surface area contributed by atoms with Crippen molar-refractivity contribution in [2.75, 3.05) is 21.3 Å². The third kappa shape index (κ3) is 4.60. The van der Waals surface area contributed by atoms with Crippen LogP contribution in [0.4, 0.5) is 0 Å². The second kappa shape index (κ2) is 9.69. The van der Waals surface area contributed by atoms with Crippen molar-refractivity contribution in [3.8, 4) is 23.0 Å². The van der Waals surface area contributed by atoms with Gasteiger partial charge < -0.3 is 24.3 Å². The van der Waals surface area contributed by atoms with E-state index < -0.39 is 6.10 Å².